The summed E-state index contributed by atoms with van der Waals surface area (Å²) in [5.74, 6) is 0.569. The molecule has 0 fully saturated rings. The molecule has 13 nitrogen and oxygen atoms in total. The molecule has 0 bridgehead atoms. The van der Waals surface area contributed by atoms with Gasteiger partial charge in [-0.25, -0.2) is 10.1 Å². The normalized spacial score (nSPS) is 10.9. The van der Waals surface area contributed by atoms with Crippen molar-refractivity contribution in [2.45, 2.75) is 6.54 Å². The first-order valence-corrected chi connectivity index (χ1v) is 7.74. The number of nitrogens with one attached hydrogen (secondary N) is 1. The molecule has 28 heavy (non-hydrogen) atoms. The second-order valence-corrected chi connectivity index (χ2v) is 5.33. The summed E-state index contributed by atoms with van der Waals surface area (Å²) in [5, 5.41) is 25.1. The number of benzene rings is 1. The van der Waals surface area contributed by atoms with E-state index in [0.29, 0.717) is 22.8 Å². The number of amides is 1. The van der Waals surface area contributed by atoms with E-state index in [1.807, 2.05) is 0 Å². The Hall–Kier alpha value is -4.29. The molecule has 3 rings (SSSR count). The number of nitrogen functional groups attached to an aromatic ring is 1. The van der Waals surface area contributed by atoms with E-state index in [1.165, 1.54) is 31.5 Å². The number of nitrogens with zero attached hydrogens (tertiary/aromatic N) is 6. The van der Waals surface area contributed by atoms with Crippen molar-refractivity contribution >= 4 is 23.8 Å². The van der Waals surface area contributed by atoms with E-state index in [2.05, 4.69) is 26.1 Å². The zero-order chi connectivity index (χ0) is 20.1. The van der Waals surface area contributed by atoms with Gasteiger partial charge in [-0.05, 0) is 28.6 Å². The van der Waals surface area contributed by atoms with Crippen molar-refractivity contribution in [3.8, 4) is 17.1 Å². The largest absolute Gasteiger partial charge is 0.496 e. The van der Waals surface area contributed by atoms with Gasteiger partial charge in [0.2, 0.25) is 5.95 Å². The summed E-state index contributed by atoms with van der Waals surface area (Å²) in [6.45, 7) is -0.204. The van der Waals surface area contributed by atoms with Crippen LogP contribution in [0.2, 0.25) is 0 Å². The van der Waals surface area contributed by atoms with Crippen LogP contribution >= 0.6 is 0 Å². The van der Waals surface area contributed by atoms with Gasteiger partial charge in [0.25, 0.3) is 11.6 Å². The Kier molecular flexibility index (Phi) is 5.25. The summed E-state index contributed by atoms with van der Waals surface area (Å²) < 4.78 is 11.9. The number of carbonyl (C=O) groups excluding carboxylic acids is 1. The molecule has 0 unspecified atom stereocenters. The van der Waals surface area contributed by atoms with Crippen molar-refractivity contribution in [2.24, 2.45) is 5.10 Å². The molecule has 144 valence electrons. The second-order valence-electron chi connectivity index (χ2n) is 5.33. The molecule has 0 saturated heterocycles. The SMILES string of the molecule is COc1ccc([N+](=O)[O-])cc1-c1ccc(C=NNC(=O)Cn2nnnc2N)o1. The van der Waals surface area contributed by atoms with Crippen molar-refractivity contribution in [3.63, 3.8) is 0 Å². The minimum Gasteiger partial charge on any atom is -0.496 e. The third kappa shape index (κ3) is 4.09. The monoisotopic (exact) mass is 386 g/mol. The van der Waals surface area contributed by atoms with E-state index in [1.54, 1.807) is 12.1 Å². The van der Waals surface area contributed by atoms with Crippen LogP contribution in [0.4, 0.5) is 11.6 Å². The number of aromatic nitrogens is 4. The zero-order valence-electron chi connectivity index (χ0n) is 14.5. The predicted molar refractivity (Wildman–Crippen MR) is 95.3 cm³/mol. The van der Waals surface area contributed by atoms with Gasteiger partial charge in [0.1, 0.15) is 23.8 Å². The Morgan fingerprint density at radius 3 is 2.96 bits per heavy atom. The van der Waals surface area contributed by atoms with Gasteiger partial charge in [-0.3, -0.25) is 14.9 Å². The molecule has 0 aliphatic rings. The number of furan rings is 1. The fraction of sp³-hybridized carbons (Fsp3) is 0.133. The van der Waals surface area contributed by atoms with Gasteiger partial charge >= 0.3 is 0 Å². The van der Waals surface area contributed by atoms with E-state index < -0.39 is 10.8 Å². The van der Waals surface area contributed by atoms with Crippen LogP contribution < -0.4 is 15.9 Å². The van der Waals surface area contributed by atoms with E-state index in [-0.39, 0.29) is 18.2 Å². The number of hydrazone groups is 1. The highest BCUT2D eigenvalue weighted by atomic mass is 16.6. The Morgan fingerprint density at radius 1 is 1.46 bits per heavy atom. The van der Waals surface area contributed by atoms with Gasteiger partial charge in [-0.15, -0.1) is 0 Å². The first kappa shape index (κ1) is 18.5. The lowest BCUT2D eigenvalue weighted by atomic mass is 10.1. The number of non-ortho nitro benzene ring substituents is 1. The van der Waals surface area contributed by atoms with Crippen LogP contribution in [0.3, 0.4) is 0 Å². The van der Waals surface area contributed by atoms with E-state index >= 15 is 0 Å². The Labute approximate surface area is 156 Å². The highest BCUT2D eigenvalue weighted by molar-refractivity contribution is 5.81. The standard InChI is InChI=1S/C15H14N8O5/c1-27-12-4-2-9(23(25)26)6-11(12)13-5-3-10(28-13)7-17-18-14(24)8-22-15(16)19-20-21-22/h2-7H,8H2,1H3,(H,18,24)(H2,16,19,21). The molecule has 3 aromatic rings. The van der Waals surface area contributed by atoms with Gasteiger partial charge in [0, 0.05) is 12.1 Å². The number of nitro groups is 1. The molecule has 0 aliphatic heterocycles. The van der Waals surface area contributed by atoms with E-state index in [4.69, 9.17) is 14.9 Å². The zero-order valence-corrected chi connectivity index (χ0v) is 14.5. The number of nitrogens with two attached hydrogens (primary N) is 1. The number of tetrazole rings is 1. The molecular weight excluding hydrogens is 372 g/mol. The lowest BCUT2D eigenvalue weighted by molar-refractivity contribution is -0.384. The summed E-state index contributed by atoms with van der Waals surface area (Å²) >= 11 is 0. The van der Waals surface area contributed by atoms with Crippen LogP contribution in [0.15, 0.2) is 39.9 Å². The number of hydrogen-bond acceptors (Lipinski definition) is 10. The summed E-state index contributed by atoms with van der Waals surface area (Å²) in [6, 6.07) is 7.35. The number of rotatable bonds is 7. The van der Waals surface area contributed by atoms with Crippen LogP contribution in [0.25, 0.3) is 11.3 Å². The summed E-state index contributed by atoms with van der Waals surface area (Å²) in [7, 11) is 1.45. The summed E-state index contributed by atoms with van der Waals surface area (Å²) in [6.07, 6.45) is 1.27. The first-order valence-electron chi connectivity index (χ1n) is 7.74. The van der Waals surface area contributed by atoms with E-state index in [0.717, 1.165) is 4.68 Å². The maximum atomic E-state index is 11.8. The van der Waals surface area contributed by atoms with Gasteiger partial charge in [-0.2, -0.15) is 5.10 Å². The Bertz CT molecular complexity index is 1040. The second kappa shape index (κ2) is 7.94. The number of methoxy groups -OCH3 is 1. The number of nitro benzene ring substituents is 1. The molecule has 1 aromatic carbocycles. The predicted octanol–water partition coefficient (Wildman–Crippen LogP) is 0.582. The average Bonchev–Trinajstić information content (AvgIpc) is 3.30. The third-order valence-electron chi connectivity index (χ3n) is 3.52. The van der Waals surface area contributed by atoms with Crippen molar-refractivity contribution < 1.29 is 18.9 Å². The number of carbonyl (C=O) groups is 1. The van der Waals surface area contributed by atoms with Crippen molar-refractivity contribution in [1.29, 1.82) is 0 Å². The Balaban J connectivity index is 1.69. The fourth-order valence-electron chi connectivity index (χ4n) is 2.23. The number of ether oxygens (including phenoxy) is 1. The summed E-state index contributed by atoms with van der Waals surface area (Å²) in [5.41, 5.74) is 8.05. The first-order chi connectivity index (χ1) is 13.5. The van der Waals surface area contributed by atoms with Crippen LogP contribution in [-0.4, -0.2) is 44.4 Å². The topological polar surface area (TPSA) is 177 Å². The molecule has 3 N–H and O–H groups in total. The summed E-state index contributed by atoms with van der Waals surface area (Å²) in [4.78, 5) is 22.2. The van der Waals surface area contributed by atoms with Gasteiger partial charge in [0.05, 0.1) is 23.8 Å². The van der Waals surface area contributed by atoms with Gasteiger partial charge in [0.15, 0.2) is 0 Å². The maximum absolute atomic E-state index is 11.8. The minimum absolute atomic E-state index is 0.000655. The quantitative estimate of drug-likeness (QED) is 0.334. The lowest BCUT2D eigenvalue weighted by Crippen LogP contribution is -2.24. The minimum atomic E-state index is -0.513. The van der Waals surface area contributed by atoms with Crippen LogP contribution in [0.1, 0.15) is 5.76 Å². The number of anilines is 1. The molecule has 0 radical (unpaired) electrons. The average molecular weight is 386 g/mol. The number of hydrogen-bond donors (Lipinski definition) is 2. The van der Waals surface area contributed by atoms with Crippen LogP contribution in [-0.2, 0) is 11.3 Å². The smallest absolute Gasteiger partial charge is 0.270 e. The van der Waals surface area contributed by atoms with E-state index in [9.17, 15) is 14.9 Å². The molecular formula is C15H14N8O5. The van der Waals surface area contributed by atoms with Gasteiger partial charge in [-0.1, -0.05) is 5.10 Å². The van der Waals surface area contributed by atoms with Crippen molar-refractivity contribution in [1.82, 2.24) is 25.6 Å². The molecule has 0 atom stereocenters. The lowest BCUT2D eigenvalue weighted by Gasteiger charge is -2.05. The van der Waals surface area contributed by atoms with Crippen molar-refractivity contribution in [2.75, 3.05) is 12.8 Å². The molecule has 1 amide bonds. The molecule has 13 heteroatoms. The highest BCUT2D eigenvalue weighted by Gasteiger charge is 2.15. The fourth-order valence-corrected chi connectivity index (χ4v) is 2.23. The Morgan fingerprint density at radius 2 is 2.29 bits per heavy atom. The molecule has 2 heterocycles. The van der Waals surface area contributed by atoms with Crippen LogP contribution in [0.5, 0.6) is 5.75 Å². The van der Waals surface area contributed by atoms with Crippen molar-refractivity contribution in [3.05, 3.63) is 46.2 Å². The van der Waals surface area contributed by atoms with Crippen LogP contribution in [0, 0.1) is 10.1 Å². The van der Waals surface area contributed by atoms with Gasteiger partial charge < -0.3 is 14.9 Å². The molecule has 0 saturated carbocycles. The maximum Gasteiger partial charge on any atom is 0.270 e. The molecule has 0 spiro atoms. The molecule has 0 aliphatic carbocycles. The third-order valence-corrected chi connectivity index (χ3v) is 3.52. The highest BCUT2D eigenvalue weighted by Crippen LogP contribution is 2.34. The molecule has 2 aromatic heterocycles.